The summed E-state index contributed by atoms with van der Waals surface area (Å²) in [5, 5.41) is 8.96. The van der Waals surface area contributed by atoms with Gasteiger partial charge in [0.1, 0.15) is 0 Å². The second-order valence-corrected chi connectivity index (χ2v) is 9.20. The highest BCUT2D eigenvalue weighted by molar-refractivity contribution is 5.94. The summed E-state index contributed by atoms with van der Waals surface area (Å²) in [6.45, 7) is 4.73. The quantitative estimate of drug-likeness (QED) is 0.571. The molecule has 9 heteroatoms. The molecule has 9 nitrogen and oxygen atoms in total. The maximum Gasteiger partial charge on any atom is 0.319 e. The molecule has 182 valence electrons. The molecule has 3 heterocycles. The van der Waals surface area contributed by atoms with E-state index in [0.717, 1.165) is 22.5 Å². The average Bonchev–Trinajstić information content (AvgIpc) is 3.22. The lowest BCUT2D eigenvalue weighted by atomic mass is 9.79. The number of esters is 1. The Morgan fingerprint density at radius 1 is 1.14 bits per heavy atom. The summed E-state index contributed by atoms with van der Waals surface area (Å²) in [7, 11) is 1.33. The van der Waals surface area contributed by atoms with Gasteiger partial charge in [0.05, 0.1) is 24.3 Å². The van der Waals surface area contributed by atoms with Crippen molar-refractivity contribution in [2.75, 3.05) is 30.8 Å². The van der Waals surface area contributed by atoms with E-state index in [1.807, 2.05) is 42.5 Å². The third-order valence-corrected chi connectivity index (χ3v) is 7.00. The lowest BCUT2D eigenvalue weighted by Crippen LogP contribution is -2.57. The number of carbonyl (C=O) groups is 3. The van der Waals surface area contributed by atoms with Gasteiger partial charge in [-0.2, -0.15) is 0 Å². The molecule has 0 saturated carbocycles. The van der Waals surface area contributed by atoms with E-state index in [1.54, 1.807) is 4.90 Å². The molecule has 0 radical (unpaired) electrons. The number of benzene rings is 2. The second-order valence-electron chi connectivity index (χ2n) is 9.20. The molecular weight excluding hydrogens is 448 g/mol. The first-order valence-electron chi connectivity index (χ1n) is 11.7. The summed E-state index contributed by atoms with van der Waals surface area (Å²) in [6, 6.07) is 13.1. The Kier molecular flexibility index (Phi) is 5.84. The van der Waals surface area contributed by atoms with Crippen LogP contribution in [0.25, 0.3) is 0 Å². The van der Waals surface area contributed by atoms with Crippen LogP contribution in [-0.2, 0) is 26.3 Å². The minimum Gasteiger partial charge on any atom is -0.469 e. The number of para-hydroxylation sites is 1. The van der Waals surface area contributed by atoms with Crippen LogP contribution in [0.4, 0.5) is 16.2 Å². The minimum absolute atomic E-state index is 0.0487. The average molecular weight is 477 g/mol. The first-order valence-corrected chi connectivity index (χ1v) is 11.7. The topological polar surface area (TPSA) is 109 Å². The number of methoxy groups -OCH3 is 1. The number of urea groups is 1. The second kappa shape index (κ2) is 8.98. The van der Waals surface area contributed by atoms with Crippen molar-refractivity contribution >= 4 is 29.3 Å². The highest BCUT2D eigenvalue weighted by Crippen LogP contribution is 2.40. The number of carbonyl (C=O) groups excluding carboxylic acids is 3. The van der Waals surface area contributed by atoms with Crippen molar-refractivity contribution in [2.45, 2.75) is 31.2 Å². The standard InChI is InChI=1S/C26H28N4O5/c1-16-27-21-8-7-17(14-22(21)35-16)13-18(24(32)34-2)15-23(31)30-11-9-26(10-12-30)19-5-3-4-6-20(19)28-25(33)29-26/h3-8,14,18,27H,1,9-13,15H2,2H3,(H2,28,29,33). The van der Waals surface area contributed by atoms with Crippen LogP contribution in [-0.4, -0.2) is 43.0 Å². The number of ether oxygens (including phenoxy) is 2. The van der Waals surface area contributed by atoms with Gasteiger partial charge < -0.3 is 30.3 Å². The lowest BCUT2D eigenvalue weighted by Gasteiger charge is -2.45. The van der Waals surface area contributed by atoms with Crippen molar-refractivity contribution < 1.29 is 23.9 Å². The Morgan fingerprint density at radius 3 is 2.69 bits per heavy atom. The molecule has 1 saturated heterocycles. The zero-order valence-electron chi connectivity index (χ0n) is 19.6. The number of likely N-dealkylation sites (tertiary alicyclic amines) is 1. The molecule has 1 unspecified atom stereocenters. The first kappa shape index (κ1) is 22.8. The zero-order valence-corrected chi connectivity index (χ0v) is 19.6. The highest BCUT2D eigenvalue weighted by atomic mass is 16.5. The van der Waals surface area contributed by atoms with Gasteiger partial charge in [-0.1, -0.05) is 24.3 Å². The summed E-state index contributed by atoms with van der Waals surface area (Å²) in [4.78, 5) is 39.8. The predicted octanol–water partition coefficient (Wildman–Crippen LogP) is 3.34. The van der Waals surface area contributed by atoms with E-state index in [2.05, 4.69) is 22.5 Å². The van der Waals surface area contributed by atoms with E-state index < -0.39 is 17.4 Å². The van der Waals surface area contributed by atoms with Crippen molar-refractivity contribution in [3.05, 3.63) is 66.1 Å². The zero-order chi connectivity index (χ0) is 24.6. The van der Waals surface area contributed by atoms with Gasteiger partial charge in [0, 0.05) is 30.8 Å². The van der Waals surface area contributed by atoms with E-state index in [0.29, 0.717) is 44.0 Å². The van der Waals surface area contributed by atoms with Gasteiger partial charge in [0.15, 0.2) is 11.6 Å². The fraction of sp³-hybridized carbons (Fsp3) is 0.346. The maximum absolute atomic E-state index is 13.2. The molecule has 2 aromatic rings. The molecule has 35 heavy (non-hydrogen) atoms. The molecular formula is C26H28N4O5. The van der Waals surface area contributed by atoms with Gasteiger partial charge in [0.2, 0.25) is 5.91 Å². The van der Waals surface area contributed by atoms with Crippen LogP contribution >= 0.6 is 0 Å². The van der Waals surface area contributed by atoms with Crippen molar-refractivity contribution in [1.82, 2.24) is 10.2 Å². The molecule has 3 aliphatic rings. The number of nitrogens with zero attached hydrogens (tertiary/aromatic N) is 1. The SMILES string of the molecule is C=C1Nc2ccc(CC(CC(=O)N3CCC4(CC3)NC(=O)Nc3ccccc34)C(=O)OC)cc2O1. The van der Waals surface area contributed by atoms with Gasteiger partial charge in [-0.05, 0) is 49.6 Å². The number of fused-ring (bicyclic) bond motifs is 3. The predicted molar refractivity (Wildman–Crippen MR) is 130 cm³/mol. The molecule has 1 fully saturated rings. The first-order chi connectivity index (χ1) is 16.9. The lowest BCUT2D eigenvalue weighted by molar-refractivity contribution is -0.149. The number of rotatable bonds is 5. The van der Waals surface area contributed by atoms with Gasteiger partial charge in [0.25, 0.3) is 0 Å². The third kappa shape index (κ3) is 4.41. The van der Waals surface area contributed by atoms with E-state index in [-0.39, 0.29) is 18.4 Å². The third-order valence-electron chi connectivity index (χ3n) is 7.00. The van der Waals surface area contributed by atoms with Crippen LogP contribution in [0.2, 0.25) is 0 Å². The molecule has 1 spiro atoms. The summed E-state index contributed by atoms with van der Waals surface area (Å²) >= 11 is 0. The number of anilines is 2. The number of hydrogen-bond donors (Lipinski definition) is 3. The number of hydrogen-bond acceptors (Lipinski definition) is 6. The van der Waals surface area contributed by atoms with Crippen molar-refractivity contribution in [3.8, 4) is 5.75 Å². The number of amides is 3. The van der Waals surface area contributed by atoms with Crippen LogP contribution in [0.5, 0.6) is 5.75 Å². The summed E-state index contributed by atoms with van der Waals surface area (Å²) in [5.41, 5.74) is 3.03. The van der Waals surface area contributed by atoms with E-state index in [9.17, 15) is 14.4 Å². The maximum atomic E-state index is 13.2. The monoisotopic (exact) mass is 476 g/mol. The Labute approximate surface area is 203 Å². The van der Waals surface area contributed by atoms with Crippen molar-refractivity contribution in [3.63, 3.8) is 0 Å². The normalized spacial score (nSPS) is 18.4. The van der Waals surface area contributed by atoms with Gasteiger partial charge in [-0.15, -0.1) is 0 Å². The smallest absolute Gasteiger partial charge is 0.319 e. The molecule has 2 aromatic carbocycles. The summed E-state index contributed by atoms with van der Waals surface area (Å²) in [6.07, 6.45) is 1.61. The van der Waals surface area contributed by atoms with Crippen molar-refractivity contribution in [2.24, 2.45) is 5.92 Å². The number of nitrogens with one attached hydrogen (secondary N) is 3. The van der Waals surface area contributed by atoms with Crippen LogP contribution < -0.4 is 20.7 Å². The fourth-order valence-electron chi connectivity index (χ4n) is 5.20. The Hall–Kier alpha value is -4.01. The van der Waals surface area contributed by atoms with Crippen LogP contribution in [0.1, 0.15) is 30.4 Å². The minimum atomic E-state index is -0.613. The number of piperidine rings is 1. The van der Waals surface area contributed by atoms with Gasteiger partial charge in [-0.25, -0.2) is 4.79 Å². The summed E-state index contributed by atoms with van der Waals surface area (Å²) in [5.74, 6) is -0.0368. The molecule has 0 bridgehead atoms. The van der Waals surface area contributed by atoms with Crippen molar-refractivity contribution in [1.29, 1.82) is 0 Å². The molecule has 0 aliphatic carbocycles. The molecule has 3 amide bonds. The van der Waals surface area contributed by atoms with Crippen LogP contribution in [0, 0.1) is 5.92 Å². The van der Waals surface area contributed by atoms with E-state index in [1.165, 1.54) is 7.11 Å². The van der Waals surface area contributed by atoms with E-state index in [4.69, 9.17) is 9.47 Å². The Balaban J connectivity index is 1.26. The molecule has 3 aliphatic heterocycles. The fourth-order valence-corrected chi connectivity index (χ4v) is 5.20. The van der Waals surface area contributed by atoms with Gasteiger partial charge in [-0.3, -0.25) is 9.59 Å². The Bertz CT molecular complexity index is 1200. The molecule has 3 N–H and O–H groups in total. The molecule has 5 rings (SSSR count). The van der Waals surface area contributed by atoms with Crippen LogP contribution in [0.15, 0.2) is 54.9 Å². The Morgan fingerprint density at radius 2 is 1.91 bits per heavy atom. The highest BCUT2D eigenvalue weighted by Gasteiger charge is 2.43. The van der Waals surface area contributed by atoms with E-state index >= 15 is 0 Å². The summed E-state index contributed by atoms with van der Waals surface area (Å²) < 4.78 is 10.5. The molecule has 0 aromatic heterocycles. The molecule has 1 atom stereocenters. The van der Waals surface area contributed by atoms with Crippen LogP contribution in [0.3, 0.4) is 0 Å². The largest absolute Gasteiger partial charge is 0.469 e. The van der Waals surface area contributed by atoms with Gasteiger partial charge >= 0.3 is 12.0 Å².